The van der Waals surface area contributed by atoms with E-state index in [1.54, 1.807) is 0 Å². The molecule has 0 radical (unpaired) electrons. The molecule has 1 amide bonds. The first kappa shape index (κ1) is 17.7. The van der Waals surface area contributed by atoms with E-state index in [1.165, 1.54) is 12.8 Å². The van der Waals surface area contributed by atoms with Gasteiger partial charge in [0.2, 0.25) is 5.91 Å². The summed E-state index contributed by atoms with van der Waals surface area (Å²) < 4.78 is 5.38. The first-order valence-electron chi connectivity index (χ1n) is 8.58. The number of rotatable bonds is 7. The summed E-state index contributed by atoms with van der Waals surface area (Å²) in [6.07, 6.45) is 2.92. The third-order valence-corrected chi connectivity index (χ3v) is 4.59. The summed E-state index contributed by atoms with van der Waals surface area (Å²) in [5.74, 6) is 0.785. The lowest BCUT2D eigenvalue weighted by molar-refractivity contribution is -0.122. The SMILES string of the molecule is CN(C)CCN1CCC(CNC(=O)CC2COCCN2)CC1. The molecule has 2 N–H and O–H groups in total. The van der Waals surface area contributed by atoms with Crippen molar-refractivity contribution in [3.8, 4) is 0 Å². The van der Waals surface area contributed by atoms with Crippen LogP contribution < -0.4 is 10.6 Å². The van der Waals surface area contributed by atoms with Gasteiger partial charge in [-0.3, -0.25) is 4.79 Å². The van der Waals surface area contributed by atoms with E-state index in [0.29, 0.717) is 18.9 Å². The summed E-state index contributed by atoms with van der Waals surface area (Å²) in [5, 5.41) is 6.42. The molecule has 0 bridgehead atoms. The first-order chi connectivity index (χ1) is 10.6. The quantitative estimate of drug-likeness (QED) is 0.679. The summed E-state index contributed by atoms with van der Waals surface area (Å²) >= 11 is 0. The van der Waals surface area contributed by atoms with Crippen molar-refractivity contribution in [1.29, 1.82) is 0 Å². The van der Waals surface area contributed by atoms with Gasteiger partial charge in [-0.1, -0.05) is 0 Å². The van der Waals surface area contributed by atoms with Crippen molar-refractivity contribution in [2.75, 3.05) is 66.6 Å². The van der Waals surface area contributed by atoms with Crippen LogP contribution in [-0.4, -0.2) is 88.3 Å². The van der Waals surface area contributed by atoms with Crippen LogP contribution in [0.2, 0.25) is 0 Å². The first-order valence-corrected chi connectivity index (χ1v) is 8.58. The second-order valence-corrected chi connectivity index (χ2v) is 6.82. The number of amides is 1. The average molecular weight is 312 g/mol. The van der Waals surface area contributed by atoms with Crippen LogP contribution in [0, 0.1) is 5.92 Å². The number of ether oxygens (including phenoxy) is 1. The minimum atomic E-state index is 0.151. The zero-order valence-corrected chi connectivity index (χ0v) is 14.1. The molecular formula is C16H32N4O2. The maximum Gasteiger partial charge on any atom is 0.221 e. The molecule has 6 nitrogen and oxygen atoms in total. The molecule has 1 atom stereocenters. The Hall–Kier alpha value is -0.690. The molecule has 0 aromatic heterocycles. The Balaban J connectivity index is 1.55. The number of carbonyl (C=O) groups is 1. The molecule has 2 heterocycles. The van der Waals surface area contributed by atoms with Crippen LogP contribution in [0.3, 0.4) is 0 Å². The highest BCUT2D eigenvalue weighted by Crippen LogP contribution is 2.16. The number of likely N-dealkylation sites (tertiary alicyclic amines) is 1. The number of likely N-dealkylation sites (N-methyl/N-ethyl adjacent to an activating group) is 1. The number of carbonyl (C=O) groups excluding carboxylic acids is 1. The molecule has 0 spiro atoms. The molecule has 2 aliphatic heterocycles. The third kappa shape index (κ3) is 6.60. The standard InChI is InChI=1S/C16H32N4O2/c1-19(2)8-9-20-6-3-14(4-7-20)12-18-16(21)11-15-13-22-10-5-17-15/h14-15,17H,3-13H2,1-2H3,(H,18,21). The molecule has 1 unspecified atom stereocenters. The molecule has 22 heavy (non-hydrogen) atoms. The predicted octanol–water partition coefficient (Wildman–Crippen LogP) is -0.245. The Morgan fingerprint density at radius 1 is 1.36 bits per heavy atom. The van der Waals surface area contributed by atoms with E-state index in [9.17, 15) is 4.79 Å². The van der Waals surface area contributed by atoms with Crippen LogP contribution in [0.4, 0.5) is 0 Å². The Labute approximate surface area is 134 Å². The van der Waals surface area contributed by atoms with E-state index >= 15 is 0 Å². The number of nitrogens with one attached hydrogen (secondary N) is 2. The summed E-state index contributed by atoms with van der Waals surface area (Å²) in [6.45, 7) is 7.68. The molecule has 2 rings (SSSR count). The monoisotopic (exact) mass is 312 g/mol. The van der Waals surface area contributed by atoms with Crippen LogP contribution in [0.5, 0.6) is 0 Å². The van der Waals surface area contributed by atoms with Crippen molar-refractivity contribution in [3.63, 3.8) is 0 Å². The highest BCUT2D eigenvalue weighted by Gasteiger charge is 2.21. The third-order valence-electron chi connectivity index (χ3n) is 4.59. The predicted molar refractivity (Wildman–Crippen MR) is 88.0 cm³/mol. The summed E-state index contributed by atoms with van der Waals surface area (Å²) in [5.41, 5.74) is 0. The van der Waals surface area contributed by atoms with Gasteiger partial charge in [0.05, 0.1) is 13.2 Å². The summed E-state index contributed by atoms with van der Waals surface area (Å²) in [6, 6.07) is 0.182. The second kappa shape index (κ2) is 9.45. The van der Waals surface area contributed by atoms with Crippen molar-refractivity contribution in [2.24, 2.45) is 5.92 Å². The van der Waals surface area contributed by atoms with E-state index in [2.05, 4.69) is 34.5 Å². The minimum Gasteiger partial charge on any atom is -0.378 e. The maximum absolute atomic E-state index is 12.0. The van der Waals surface area contributed by atoms with Crippen molar-refractivity contribution in [2.45, 2.75) is 25.3 Å². The highest BCUT2D eigenvalue weighted by molar-refractivity contribution is 5.76. The van der Waals surface area contributed by atoms with Gasteiger partial charge < -0.3 is 25.2 Å². The van der Waals surface area contributed by atoms with E-state index in [0.717, 1.165) is 45.9 Å². The topological polar surface area (TPSA) is 56.8 Å². The summed E-state index contributed by atoms with van der Waals surface area (Å²) in [4.78, 5) is 16.7. The van der Waals surface area contributed by atoms with E-state index in [1.807, 2.05) is 0 Å². The molecular weight excluding hydrogens is 280 g/mol. The van der Waals surface area contributed by atoms with Crippen LogP contribution in [0.1, 0.15) is 19.3 Å². The highest BCUT2D eigenvalue weighted by atomic mass is 16.5. The Kier molecular flexibility index (Phi) is 7.59. The summed E-state index contributed by atoms with van der Waals surface area (Å²) in [7, 11) is 4.24. The van der Waals surface area contributed by atoms with Gasteiger partial charge in [0.1, 0.15) is 0 Å². The molecule has 6 heteroatoms. The van der Waals surface area contributed by atoms with Crippen molar-refractivity contribution in [1.82, 2.24) is 20.4 Å². The lowest BCUT2D eigenvalue weighted by Gasteiger charge is -2.32. The normalized spacial score (nSPS) is 24.6. The number of hydrogen-bond donors (Lipinski definition) is 2. The molecule has 0 saturated carbocycles. The number of hydrogen-bond acceptors (Lipinski definition) is 5. The molecule has 0 aromatic carbocycles. The Morgan fingerprint density at radius 2 is 2.14 bits per heavy atom. The molecule has 2 saturated heterocycles. The minimum absolute atomic E-state index is 0.151. The van der Waals surface area contributed by atoms with Gasteiger partial charge in [-0.2, -0.15) is 0 Å². The molecule has 0 aromatic rings. The fraction of sp³-hybridized carbons (Fsp3) is 0.938. The smallest absolute Gasteiger partial charge is 0.221 e. The number of piperidine rings is 1. The Morgan fingerprint density at radius 3 is 2.77 bits per heavy atom. The van der Waals surface area contributed by atoms with Crippen LogP contribution in [-0.2, 0) is 9.53 Å². The maximum atomic E-state index is 12.0. The zero-order valence-electron chi connectivity index (χ0n) is 14.1. The van der Waals surface area contributed by atoms with Gasteiger partial charge in [-0.05, 0) is 45.9 Å². The van der Waals surface area contributed by atoms with E-state index < -0.39 is 0 Å². The van der Waals surface area contributed by atoms with Gasteiger partial charge >= 0.3 is 0 Å². The number of nitrogens with zero attached hydrogens (tertiary/aromatic N) is 2. The lowest BCUT2D eigenvalue weighted by atomic mass is 9.96. The lowest BCUT2D eigenvalue weighted by Crippen LogP contribution is -2.45. The zero-order chi connectivity index (χ0) is 15.8. The number of morpholine rings is 1. The van der Waals surface area contributed by atoms with Gasteiger partial charge in [-0.25, -0.2) is 0 Å². The fourth-order valence-electron chi connectivity index (χ4n) is 3.06. The van der Waals surface area contributed by atoms with Crippen molar-refractivity contribution >= 4 is 5.91 Å². The van der Waals surface area contributed by atoms with E-state index in [4.69, 9.17) is 4.74 Å². The van der Waals surface area contributed by atoms with Crippen molar-refractivity contribution < 1.29 is 9.53 Å². The second-order valence-electron chi connectivity index (χ2n) is 6.82. The molecule has 2 fully saturated rings. The molecule has 2 aliphatic rings. The molecule has 128 valence electrons. The van der Waals surface area contributed by atoms with Crippen LogP contribution in [0.15, 0.2) is 0 Å². The van der Waals surface area contributed by atoms with Crippen LogP contribution in [0.25, 0.3) is 0 Å². The van der Waals surface area contributed by atoms with E-state index in [-0.39, 0.29) is 11.9 Å². The van der Waals surface area contributed by atoms with Gasteiger partial charge in [0.25, 0.3) is 0 Å². The van der Waals surface area contributed by atoms with Gasteiger partial charge in [-0.15, -0.1) is 0 Å². The van der Waals surface area contributed by atoms with Gasteiger partial charge in [0, 0.05) is 38.6 Å². The molecule has 0 aliphatic carbocycles. The average Bonchev–Trinajstić information content (AvgIpc) is 2.53. The Bertz CT molecular complexity index is 324. The van der Waals surface area contributed by atoms with Crippen molar-refractivity contribution in [3.05, 3.63) is 0 Å². The largest absolute Gasteiger partial charge is 0.378 e. The van der Waals surface area contributed by atoms with Crippen LogP contribution >= 0.6 is 0 Å². The van der Waals surface area contributed by atoms with Gasteiger partial charge in [0.15, 0.2) is 0 Å². The fourth-order valence-corrected chi connectivity index (χ4v) is 3.06.